The molecule has 0 aliphatic carbocycles. The van der Waals surface area contributed by atoms with E-state index in [1.807, 2.05) is 24.3 Å². The molecule has 1 aliphatic rings. The van der Waals surface area contributed by atoms with Gasteiger partial charge in [-0.1, -0.05) is 45.0 Å². The smallest absolute Gasteiger partial charge is 0.119 e. The van der Waals surface area contributed by atoms with Gasteiger partial charge in [0.25, 0.3) is 0 Å². The van der Waals surface area contributed by atoms with E-state index in [2.05, 4.69) is 55.3 Å². The van der Waals surface area contributed by atoms with E-state index < -0.39 is 6.10 Å². The number of aliphatic hydroxyl groups is 1. The van der Waals surface area contributed by atoms with Crippen LogP contribution in [0.25, 0.3) is 0 Å². The molecule has 0 bridgehead atoms. The van der Waals surface area contributed by atoms with Crippen LogP contribution in [0.2, 0.25) is 0 Å². The van der Waals surface area contributed by atoms with Crippen molar-refractivity contribution in [3.63, 3.8) is 0 Å². The van der Waals surface area contributed by atoms with Crippen molar-refractivity contribution in [2.75, 3.05) is 51.8 Å². The minimum atomic E-state index is -0.489. The second-order valence-electron chi connectivity index (χ2n) is 9.26. The Morgan fingerprint density at radius 3 is 1.94 bits per heavy atom. The molecule has 0 amide bonds. The molecule has 0 saturated carbocycles. The number of aliphatic hydroxyl groups excluding tert-OH is 1. The van der Waals surface area contributed by atoms with Gasteiger partial charge in [0, 0.05) is 49.9 Å². The van der Waals surface area contributed by atoms with Crippen LogP contribution < -0.4 is 14.8 Å². The van der Waals surface area contributed by atoms with Crippen molar-refractivity contribution in [3.05, 3.63) is 59.7 Å². The highest BCUT2D eigenvalue weighted by Crippen LogP contribution is 2.33. The van der Waals surface area contributed by atoms with E-state index in [0.717, 1.165) is 37.7 Å². The van der Waals surface area contributed by atoms with E-state index in [0.29, 0.717) is 31.6 Å². The van der Waals surface area contributed by atoms with Crippen LogP contribution >= 0.6 is 11.6 Å². The van der Waals surface area contributed by atoms with Crippen LogP contribution in [0.4, 0.5) is 0 Å². The van der Waals surface area contributed by atoms with Gasteiger partial charge in [-0.15, -0.1) is 11.6 Å². The number of alkyl halides is 1. The molecule has 3 rings (SSSR count). The van der Waals surface area contributed by atoms with Crippen LogP contribution in [0, 0.1) is 5.92 Å². The summed E-state index contributed by atoms with van der Waals surface area (Å²) in [6, 6.07) is 16.5. The number of rotatable bonds is 11. The van der Waals surface area contributed by atoms with Gasteiger partial charge in [0.2, 0.25) is 0 Å². The summed E-state index contributed by atoms with van der Waals surface area (Å²) in [4.78, 5) is 2.27. The monoisotopic (exact) mass is 460 g/mol. The minimum Gasteiger partial charge on any atom is -0.493 e. The predicted octanol–water partition coefficient (Wildman–Crippen LogP) is 3.91. The molecule has 2 atom stereocenters. The van der Waals surface area contributed by atoms with Gasteiger partial charge < -0.3 is 19.9 Å². The first-order valence-electron chi connectivity index (χ1n) is 11.5. The first-order chi connectivity index (χ1) is 15.4. The lowest BCUT2D eigenvalue weighted by atomic mass is 9.78. The van der Waals surface area contributed by atoms with Gasteiger partial charge >= 0.3 is 0 Å². The summed E-state index contributed by atoms with van der Waals surface area (Å²) in [5, 5.41) is 13.6. The maximum Gasteiger partial charge on any atom is 0.119 e. The zero-order valence-corrected chi connectivity index (χ0v) is 20.3. The van der Waals surface area contributed by atoms with Crippen LogP contribution in [0.1, 0.15) is 31.9 Å². The number of hydrogen-bond donors (Lipinski definition) is 2. The molecule has 0 radical (unpaired) electrons. The molecule has 1 heterocycles. The van der Waals surface area contributed by atoms with E-state index in [-0.39, 0.29) is 5.41 Å². The Morgan fingerprint density at radius 1 is 0.938 bits per heavy atom. The lowest BCUT2D eigenvalue weighted by Gasteiger charge is -2.29. The summed E-state index contributed by atoms with van der Waals surface area (Å²) in [6.45, 7) is 12.0. The van der Waals surface area contributed by atoms with Gasteiger partial charge in [-0.2, -0.15) is 0 Å². The normalized spacial score (nSPS) is 17.0. The van der Waals surface area contributed by atoms with Gasteiger partial charge in [0.05, 0.1) is 6.61 Å². The third-order valence-electron chi connectivity index (χ3n) is 6.07. The minimum absolute atomic E-state index is 0.150. The molecule has 5 nitrogen and oxygen atoms in total. The molecule has 2 N–H and O–H groups in total. The SMILES string of the molecule is C[C@H](CCl)COc1ccc(C(C)(C)c2ccc(OC[C@@H](O)CN3CCNCC3)cc2)cc1. The average molecular weight is 461 g/mol. The molecule has 0 unspecified atom stereocenters. The topological polar surface area (TPSA) is 54.0 Å². The van der Waals surface area contributed by atoms with Crippen molar-refractivity contribution >= 4 is 11.6 Å². The molecule has 0 spiro atoms. The lowest BCUT2D eigenvalue weighted by Crippen LogP contribution is -2.47. The summed E-state index contributed by atoms with van der Waals surface area (Å²) in [6.07, 6.45) is -0.489. The van der Waals surface area contributed by atoms with E-state index in [1.54, 1.807) is 0 Å². The molecule has 1 fully saturated rings. The van der Waals surface area contributed by atoms with E-state index >= 15 is 0 Å². The van der Waals surface area contributed by atoms with Crippen LogP contribution in [0.3, 0.4) is 0 Å². The zero-order valence-electron chi connectivity index (χ0n) is 19.5. The lowest BCUT2D eigenvalue weighted by molar-refractivity contribution is 0.0641. The van der Waals surface area contributed by atoms with Gasteiger partial charge in [-0.3, -0.25) is 4.90 Å². The van der Waals surface area contributed by atoms with Gasteiger partial charge in [-0.25, -0.2) is 0 Å². The molecular formula is C26H37ClN2O3. The first-order valence-corrected chi connectivity index (χ1v) is 12.1. The van der Waals surface area contributed by atoms with Crippen LogP contribution in [-0.2, 0) is 5.41 Å². The van der Waals surface area contributed by atoms with E-state index in [9.17, 15) is 5.11 Å². The molecule has 1 saturated heterocycles. The Morgan fingerprint density at radius 2 is 1.44 bits per heavy atom. The van der Waals surface area contributed by atoms with Gasteiger partial charge in [0.1, 0.15) is 24.2 Å². The fraction of sp³-hybridized carbons (Fsp3) is 0.538. The van der Waals surface area contributed by atoms with E-state index in [4.69, 9.17) is 21.1 Å². The fourth-order valence-electron chi connectivity index (χ4n) is 3.82. The molecule has 1 aliphatic heterocycles. The third-order valence-corrected chi connectivity index (χ3v) is 6.60. The quantitative estimate of drug-likeness (QED) is 0.498. The predicted molar refractivity (Wildman–Crippen MR) is 131 cm³/mol. The van der Waals surface area contributed by atoms with Crippen molar-refractivity contribution in [2.45, 2.75) is 32.3 Å². The molecule has 32 heavy (non-hydrogen) atoms. The Bertz CT molecular complexity index is 805. The third kappa shape index (κ3) is 7.11. The maximum atomic E-state index is 10.3. The average Bonchev–Trinajstić information content (AvgIpc) is 2.82. The van der Waals surface area contributed by atoms with Crippen molar-refractivity contribution in [1.29, 1.82) is 0 Å². The molecule has 6 heteroatoms. The summed E-state index contributed by atoms with van der Waals surface area (Å²) >= 11 is 5.85. The molecular weight excluding hydrogens is 424 g/mol. The standard InChI is InChI=1S/C26H37ClN2O3/c1-20(16-27)18-31-24-8-4-21(5-9-24)26(2,3)22-6-10-25(11-7-22)32-19-23(30)17-29-14-12-28-13-15-29/h4-11,20,23,28,30H,12-19H2,1-3H3/t20-,23+/m1/s1. The fourth-order valence-corrected chi connectivity index (χ4v) is 3.91. The van der Waals surface area contributed by atoms with Crippen LogP contribution in [-0.4, -0.2) is 67.9 Å². The van der Waals surface area contributed by atoms with E-state index in [1.165, 1.54) is 11.1 Å². The maximum absolute atomic E-state index is 10.3. The van der Waals surface area contributed by atoms with Gasteiger partial charge in [0.15, 0.2) is 0 Å². The Labute approximate surface area is 197 Å². The summed E-state index contributed by atoms with van der Waals surface area (Å²) in [5.74, 6) is 2.57. The second-order valence-corrected chi connectivity index (χ2v) is 9.57. The van der Waals surface area contributed by atoms with Crippen LogP contribution in [0.15, 0.2) is 48.5 Å². The molecule has 2 aromatic rings. The molecule has 0 aromatic heterocycles. The number of benzene rings is 2. The number of nitrogens with one attached hydrogen (secondary N) is 1. The van der Waals surface area contributed by atoms with Crippen molar-refractivity contribution in [2.24, 2.45) is 5.92 Å². The zero-order chi connectivity index (χ0) is 23.0. The summed E-state index contributed by atoms with van der Waals surface area (Å²) in [7, 11) is 0. The highest BCUT2D eigenvalue weighted by molar-refractivity contribution is 6.18. The largest absolute Gasteiger partial charge is 0.493 e. The molecule has 2 aromatic carbocycles. The number of ether oxygens (including phenoxy) is 2. The Hall–Kier alpha value is -1.79. The second kappa shape index (κ2) is 11.9. The van der Waals surface area contributed by atoms with Crippen molar-refractivity contribution in [3.8, 4) is 11.5 Å². The highest BCUT2D eigenvalue weighted by atomic mass is 35.5. The molecule has 176 valence electrons. The number of β-amino-alcohol motifs (C(OH)–C–C–N with tert-alkyl or cyclic N) is 1. The summed E-state index contributed by atoms with van der Waals surface area (Å²) < 4.78 is 11.6. The van der Waals surface area contributed by atoms with Crippen molar-refractivity contribution in [1.82, 2.24) is 10.2 Å². The highest BCUT2D eigenvalue weighted by Gasteiger charge is 2.23. The Balaban J connectivity index is 1.53. The number of hydrogen-bond acceptors (Lipinski definition) is 5. The number of nitrogens with zero attached hydrogens (tertiary/aromatic N) is 1. The first kappa shape index (κ1) is 24.8. The number of piperazine rings is 1. The Kier molecular flexibility index (Phi) is 9.23. The summed E-state index contributed by atoms with van der Waals surface area (Å²) in [5.41, 5.74) is 2.27. The number of halogens is 1. The van der Waals surface area contributed by atoms with Crippen LogP contribution in [0.5, 0.6) is 11.5 Å². The van der Waals surface area contributed by atoms with Crippen molar-refractivity contribution < 1.29 is 14.6 Å². The van der Waals surface area contributed by atoms with Gasteiger partial charge in [-0.05, 0) is 35.4 Å².